The lowest BCUT2D eigenvalue weighted by Gasteiger charge is -2.25. The molecule has 0 unspecified atom stereocenters. The molecule has 0 radical (unpaired) electrons. The van der Waals surface area contributed by atoms with E-state index in [0.29, 0.717) is 17.2 Å². The SMILES string of the molecule is C#C[C@@]1(F)[C@H](O)[C@@H](CO[P@@](=O)(N[C@@H](C)C(=O)OCC)Oc2ccccc2)O[C@H]1n1cnc2c(N(C)C)nc(C)nc21. The molecule has 0 bridgehead atoms. The highest BCUT2D eigenvalue weighted by Crippen LogP contribution is 2.48. The van der Waals surface area contributed by atoms with Crippen molar-refractivity contribution in [1.29, 1.82) is 0 Å². The van der Waals surface area contributed by atoms with Gasteiger partial charge in [0.25, 0.3) is 0 Å². The van der Waals surface area contributed by atoms with Gasteiger partial charge < -0.3 is 24.0 Å². The van der Waals surface area contributed by atoms with Crippen molar-refractivity contribution < 1.29 is 37.4 Å². The number of carbonyl (C=O) groups excluding carboxylic acids is 1. The molecule has 1 aliphatic heterocycles. The molecule has 1 fully saturated rings. The van der Waals surface area contributed by atoms with Crippen molar-refractivity contribution >= 4 is 30.7 Å². The zero-order valence-electron chi connectivity index (χ0n) is 23.2. The van der Waals surface area contributed by atoms with Gasteiger partial charge in [0.1, 0.15) is 29.8 Å². The number of para-hydroxylation sites is 1. The van der Waals surface area contributed by atoms with Gasteiger partial charge in [-0.3, -0.25) is 13.9 Å². The van der Waals surface area contributed by atoms with Gasteiger partial charge in [-0.2, -0.15) is 5.09 Å². The van der Waals surface area contributed by atoms with Crippen molar-refractivity contribution in [3.63, 3.8) is 0 Å². The zero-order valence-corrected chi connectivity index (χ0v) is 24.1. The molecule has 3 heterocycles. The minimum absolute atomic E-state index is 0.104. The zero-order chi connectivity index (χ0) is 29.9. The summed E-state index contributed by atoms with van der Waals surface area (Å²) in [6, 6.07) is 6.99. The van der Waals surface area contributed by atoms with E-state index >= 15 is 4.39 Å². The predicted octanol–water partition coefficient (Wildman–Crippen LogP) is 2.55. The van der Waals surface area contributed by atoms with Crippen LogP contribution >= 0.6 is 7.75 Å². The molecule has 0 aliphatic carbocycles. The highest BCUT2D eigenvalue weighted by Gasteiger charge is 2.58. The van der Waals surface area contributed by atoms with Gasteiger partial charge >= 0.3 is 13.7 Å². The fraction of sp³-hybridized carbons (Fsp3) is 0.462. The van der Waals surface area contributed by atoms with Gasteiger partial charge in [0.05, 0.1) is 19.5 Å². The van der Waals surface area contributed by atoms with E-state index in [1.54, 1.807) is 51.0 Å². The van der Waals surface area contributed by atoms with Crippen LogP contribution in [0.15, 0.2) is 36.7 Å². The first-order chi connectivity index (χ1) is 19.4. The summed E-state index contributed by atoms with van der Waals surface area (Å²) < 4.78 is 53.3. The molecular weight excluding hydrogens is 558 g/mol. The summed E-state index contributed by atoms with van der Waals surface area (Å²) in [5.74, 6) is 2.37. The number of rotatable bonds is 11. The van der Waals surface area contributed by atoms with Crippen molar-refractivity contribution in [2.45, 2.75) is 50.9 Å². The monoisotopic (exact) mass is 590 g/mol. The number of esters is 1. The molecule has 1 saturated heterocycles. The summed E-state index contributed by atoms with van der Waals surface area (Å²) in [6.45, 7) is 4.20. The fourth-order valence-corrected chi connectivity index (χ4v) is 5.74. The lowest BCUT2D eigenvalue weighted by Crippen LogP contribution is -2.42. The van der Waals surface area contributed by atoms with Gasteiger partial charge in [-0.1, -0.05) is 24.1 Å². The van der Waals surface area contributed by atoms with Gasteiger partial charge in [0.15, 0.2) is 23.2 Å². The van der Waals surface area contributed by atoms with Crippen molar-refractivity contribution in [1.82, 2.24) is 24.6 Å². The van der Waals surface area contributed by atoms with Crippen molar-refractivity contribution in [3.8, 4) is 18.1 Å². The summed E-state index contributed by atoms with van der Waals surface area (Å²) in [7, 11) is -0.759. The van der Waals surface area contributed by atoms with E-state index < -0.39 is 50.5 Å². The Morgan fingerprint density at radius 2 is 2.07 bits per heavy atom. The number of benzene rings is 1. The number of aromatic nitrogens is 4. The summed E-state index contributed by atoms with van der Waals surface area (Å²) in [6.07, 6.45) is 1.98. The van der Waals surface area contributed by atoms with Crippen molar-refractivity contribution in [2.75, 3.05) is 32.2 Å². The van der Waals surface area contributed by atoms with Crippen molar-refractivity contribution in [2.24, 2.45) is 0 Å². The first-order valence-electron chi connectivity index (χ1n) is 12.7. The van der Waals surface area contributed by atoms with Crippen LogP contribution in [0.1, 0.15) is 25.9 Å². The van der Waals surface area contributed by atoms with Gasteiger partial charge in [0, 0.05) is 14.1 Å². The summed E-state index contributed by atoms with van der Waals surface area (Å²) in [4.78, 5) is 27.0. The van der Waals surface area contributed by atoms with Gasteiger partial charge in [-0.05, 0) is 32.9 Å². The Hall–Kier alpha value is -3.60. The van der Waals surface area contributed by atoms with Crippen LogP contribution in [0.25, 0.3) is 11.2 Å². The number of alkyl halides is 1. The molecule has 13 nitrogen and oxygen atoms in total. The summed E-state index contributed by atoms with van der Waals surface area (Å²) >= 11 is 0. The molecule has 2 N–H and O–H groups in total. The van der Waals surface area contributed by atoms with Crippen LogP contribution in [-0.2, 0) is 23.4 Å². The number of anilines is 1. The Kier molecular flexibility index (Phi) is 8.96. The average molecular weight is 591 g/mol. The molecule has 2 aromatic heterocycles. The van der Waals surface area contributed by atoms with Gasteiger partial charge in [0.2, 0.25) is 5.67 Å². The lowest BCUT2D eigenvalue weighted by atomic mass is 9.97. The first-order valence-corrected chi connectivity index (χ1v) is 14.3. The largest absolute Gasteiger partial charge is 0.465 e. The van der Waals surface area contributed by atoms with E-state index in [9.17, 15) is 14.5 Å². The molecule has 4 rings (SSSR count). The quantitative estimate of drug-likeness (QED) is 0.192. The van der Waals surface area contributed by atoms with E-state index in [4.69, 9.17) is 24.9 Å². The number of nitrogens with one attached hydrogen (secondary N) is 1. The number of halogens is 1. The summed E-state index contributed by atoms with van der Waals surface area (Å²) in [5, 5.41) is 13.5. The molecule has 1 aliphatic rings. The number of nitrogens with zero attached hydrogens (tertiary/aromatic N) is 5. The molecule has 220 valence electrons. The lowest BCUT2D eigenvalue weighted by molar-refractivity contribution is -0.144. The van der Waals surface area contributed by atoms with Crippen LogP contribution in [0.5, 0.6) is 5.75 Å². The van der Waals surface area contributed by atoms with E-state index in [-0.39, 0.29) is 18.0 Å². The normalized spacial score (nSPS) is 24.4. The maximum absolute atomic E-state index is 16.2. The summed E-state index contributed by atoms with van der Waals surface area (Å²) in [5.41, 5.74) is -2.13. The Morgan fingerprint density at radius 1 is 1.37 bits per heavy atom. The number of aryl methyl sites for hydroxylation is 1. The second-order valence-electron chi connectivity index (χ2n) is 9.50. The maximum Gasteiger partial charge on any atom is 0.459 e. The Morgan fingerprint density at radius 3 is 2.71 bits per heavy atom. The van der Waals surface area contributed by atoms with Crippen molar-refractivity contribution in [3.05, 3.63) is 42.5 Å². The predicted molar refractivity (Wildman–Crippen MR) is 147 cm³/mol. The smallest absolute Gasteiger partial charge is 0.459 e. The molecule has 0 saturated carbocycles. The average Bonchev–Trinajstić information content (AvgIpc) is 3.45. The maximum atomic E-state index is 16.2. The Bertz CT molecular complexity index is 1480. The van der Waals surface area contributed by atoms with E-state index in [1.165, 1.54) is 30.0 Å². The van der Waals surface area contributed by atoms with Crippen LogP contribution in [0.3, 0.4) is 0 Å². The number of terminal acetylenes is 1. The van der Waals surface area contributed by atoms with Crippen LogP contribution in [0.4, 0.5) is 10.2 Å². The minimum Gasteiger partial charge on any atom is -0.465 e. The topological polar surface area (TPSA) is 150 Å². The van der Waals surface area contributed by atoms with Gasteiger partial charge in [-0.25, -0.2) is 23.9 Å². The highest BCUT2D eigenvalue weighted by atomic mass is 31.2. The molecule has 1 aromatic carbocycles. The minimum atomic E-state index is -4.31. The molecule has 3 aromatic rings. The highest BCUT2D eigenvalue weighted by molar-refractivity contribution is 7.52. The molecule has 41 heavy (non-hydrogen) atoms. The second-order valence-corrected chi connectivity index (χ2v) is 11.2. The van der Waals surface area contributed by atoms with Crippen LogP contribution in [-0.4, -0.2) is 81.8 Å². The van der Waals surface area contributed by atoms with Crippen LogP contribution < -0.4 is 14.5 Å². The number of aliphatic hydroxyl groups excluding tert-OH is 1. The number of carbonyl (C=O) groups is 1. The second kappa shape index (κ2) is 12.1. The van der Waals surface area contributed by atoms with Crippen LogP contribution in [0.2, 0.25) is 0 Å². The van der Waals surface area contributed by atoms with E-state index in [2.05, 4.69) is 20.0 Å². The number of hydrogen-bond donors (Lipinski definition) is 2. The Labute approximate surface area is 236 Å². The number of hydrogen-bond acceptors (Lipinski definition) is 11. The number of fused-ring (bicyclic) bond motifs is 1. The third kappa shape index (κ3) is 6.19. The van der Waals surface area contributed by atoms with Crippen LogP contribution in [0, 0.1) is 19.3 Å². The molecule has 15 heteroatoms. The number of aliphatic hydroxyl groups is 1. The Balaban J connectivity index is 1.61. The third-order valence-corrected chi connectivity index (χ3v) is 7.87. The molecule has 0 amide bonds. The van der Waals surface area contributed by atoms with Gasteiger partial charge in [-0.15, -0.1) is 6.42 Å². The number of imidazole rings is 1. The standard InChI is InChI=1S/C26H32FN6O7P/c1-7-26(27)21(34)19(39-25(26)33-15-28-20-22(32(5)6)29-17(4)30-23(20)33)14-38-41(36,31-16(3)24(35)37-8-2)40-18-12-10-9-11-13-18/h1,9-13,15-16,19,21,25,34H,8,14H2,2-6H3,(H,31,36)/t16-,19+,21+,25+,26+,41-/m0/s1. The first kappa shape index (κ1) is 30.4. The van der Waals surface area contributed by atoms with E-state index in [0.717, 1.165) is 0 Å². The van der Waals surface area contributed by atoms with E-state index in [1.807, 2.05) is 5.92 Å². The number of ether oxygens (including phenoxy) is 2. The molecule has 0 spiro atoms. The fourth-order valence-electron chi connectivity index (χ4n) is 4.24. The molecular formula is C26H32FN6O7P. The molecule has 6 atom stereocenters. The third-order valence-electron chi connectivity index (χ3n) is 6.23.